The van der Waals surface area contributed by atoms with Crippen LogP contribution in [-0.2, 0) is 23.1 Å². The Labute approximate surface area is 261 Å². The third-order valence-electron chi connectivity index (χ3n) is 8.34. The van der Waals surface area contributed by atoms with Gasteiger partial charge in [-0.3, -0.25) is 10.1 Å². The zero-order chi connectivity index (χ0) is 31.4. The number of aromatic nitrogens is 2. The molecule has 1 aliphatic rings. The minimum absolute atomic E-state index is 0.161. The van der Waals surface area contributed by atoms with E-state index in [4.69, 9.17) is 5.10 Å². The minimum Gasteiger partial charge on any atom is -0.342 e. The van der Waals surface area contributed by atoms with Gasteiger partial charge in [0.05, 0.1) is 17.8 Å². The maximum Gasteiger partial charge on any atom is 0.324 e. The molecule has 1 aliphatic heterocycles. The summed E-state index contributed by atoms with van der Waals surface area (Å²) < 4.78 is 1.78. The van der Waals surface area contributed by atoms with Crippen molar-refractivity contribution in [2.75, 3.05) is 23.7 Å². The SMILES string of the molecule is Cc1ccc(-n2nc(C(C)(C)C)cc2NC(=O)Nc2ccc(CC3CCN(C(=O)Cc4cc(C)cc(C)c4)CC3)cc2)cc1. The Morgan fingerprint density at radius 2 is 1.43 bits per heavy atom. The van der Waals surface area contributed by atoms with Crippen molar-refractivity contribution in [2.24, 2.45) is 5.92 Å². The topological polar surface area (TPSA) is 79.3 Å². The number of anilines is 2. The smallest absolute Gasteiger partial charge is 0.324 e. The Hall–Kier alpha value is -4.39. The highest BCUT2D eigenvalue weighted by Gasteiger charge is 2.24. The molecule has 0 unspecified atom stereocenters. The van der Waals surface area contributed by atoms with Gasteiger partial charge in [0, 0.05) is 30.3 Å². The van der Waals surface area contributed by atoms with Crippen molar-refractivity contribution in [3.63, 3.8) is 0 Å². The molecule has 0 aliphatic carbocycles. The Bertz CT molecular complexity index is 1590. The summed E-state index contributed by atoms with van der Waals surface area (Å²) in [5.74, 6) is 1.38. The van der Waals surface area contributed by atoms with E-state index < -0.39 is 0 Å². The van der Waals surface area contributed by atoms with E-state index in [2.05, 4.69) is 75.6 Å². The number of nitrogens with zero attached hydrogens (tertiary/aromatic N) is 3. The first kappa shape index (κ1) is 31.0. The van der Waals surface area contributed by atoms with Crippen molar-refractivity contribution in [1.82, 2.24) is 14.7 Å². The fourth-order valence-corrected chi connectivity index (χ4v) is 5.90. The first-order valence-corrected chi connectivity index (χ1v) is 15.6. The van der Waals surface area contributed by atoms with Crippen LogP contribution >= 0.6 is 0 Å². The van der Waals surface area contributed by atoms with Crippen molar-refractivity contribution < 1.29 is 9.59 Å². The van der Waals surface area contributed by atoms with Gasteiger partial charge >= 0.3 is 6.03 Å². The monoisotopic (exact) mass is 591 g/mol. The van der Waals surface area contributed by atoms with Crippen LogP contribution in [0.4, 0.5) is 16.3 Å². The Kier molecular flexibility index (Phi) is 9.23. The molecule has 4 aromatic rings. The average Bonchev–Trinajstić information content (AvgIpc) is 3.38. The number of piperidine rings is 1. The van der Waals surface area contributed by atoms with Gasteiger partial charge in [-0.25, -0.2) is 9.48 Å². The van der Waals surface area contributed by atoms with Crippen LogP contribution in [0.15, 0.2) is 72.8 Å². The maximum absolute atomic E-state index is 13.0. The van der Waals surface area contributed by atoms with E-state index in [1.54, 1.807) is 4.68 Å². The lowest BCUT2D eigenvalue weighted by atomic mass is 9.90. The van der Waals surface area contributed by atoms with Crippen molar-refractivity contribution in [1.29, 1.82) is 0 Å². The van der Waals surface area contributed by atoms with Gasteiger partial charge in [-0.1, -0.05) is 79.9 Å². The van der Waals surface area contributed by atoms with Crippen LogP contribution in [0.2, 0.25) is 0 Å². The molecule has 5 rings (SSSR count). The highest BCUT2D eigenvalue weighted by molar-refractivity contribution is 5.99. The average molecular weight is 592 g/mol. The highest BCUT2D eigenvalue weighted by Crippen LogP contribution is 2.27. The maximum atomic E-state index is 13.0. The second kappa shape index (κ2) is 13.1. The molecule has 1 fully saturated rings. The van der Waals surface area contributed by atoms with Crippen LogP contribution < -0.4 is 10.6 Å². The zero-order valence-corrected chi connectivity index (χ0v) is 26.9. The van der Waals surface area contributed by atoms with Crippen LogP contribution in [0.25, 0.3) is 5.69 Å². The van der Waals surface area contributed by atoms with E-state index in [0.29, 0.717) is 18.2 Å². The normalized spacial score (nSPS) is 14.0. The largest absolute Gasteiger partial charge is 0.342 e. The molecule has 230 valence electrons. The summed E-state index contributed by atoms with van der Waals surface area (Å²) in [4.78, 5) is 28.0. The van der Waals surface area contributed by atoms with Gasteiger partial charge < -0.3 is 10.2 Å². The Morgan fingerprint density at radius 3 is 2.05 bits per heavy atom. The molecule has 0 radical (unpaired) electrons. The Morgan fingerprint density at radius 1 is 0.795 bits per heavy atom. The number of carbonyl (C=O) groups is 2. The number of rotatable bonds is 7. The van der Waals surface area contributed by atoms with E-state index in [1.807, 2.05) is 54.3 Å². The number of aryl methyl sites for hydroxylation is 3. The lowest BCUT2D eigenvalue weighted by Crippen LogP contribution is -2.39. The molecular weight excluding hydrogens is 546 g/mol. The molecule has 0 spiro atoms. The summed E-state index contributed by atoms with van der Waals surface area (Å²) in [6.45, 7) is 14.1. The molecule has 0 saturated carbocycles. The van der Waals surface area contributed by atoms with Gasteiger partial charge in [0.1, 0.15) is 5.82 Å². The standard InChI is InChI=1S/C37H45N5O2/c1-25-7-13-32(14-8-25)42-34(24-33(40-42)37(4,5)6)39-36(44)38-31-11-9-28(10-12-31)22-29-15-17-41(18-16-29)35(43)23-30-20-26(2)19-27(3)21-30/h7-14,19-21,24,29H,15-18,22-23H2,1-6H3,(H2,38,39,44). The van der Waals surface area contributed by atoms with Crippen LogP contribution in [0.5, 0.6) is 0 Å². The predicted molar refractivity (Wildman–Crippen MR) is 179 cm³/mol. The van der Waals surface area contributed by atoms with Gasteiger partial charge in [-0.2, -0.15) is 5.10 Å². The predicted octanol–water partition coefficient (Wildman–Crippen LogP) is 7.76. The second-order valence-corrected chi connectivity index (χ2v) is 13.4. The van der Waals surface area contributed by atoms with Gasteiger partial charge in [-0.15, -0.1) is 0 Å². The van der Waals surface area contributed by atoms with Crippen molar-refractivity contribution in [3.8, 4) is 5.69 Å². The van der Waals surface area contributed by atoms with E-state index in [0.717, 1.165) is 60.5 Å². The molecule has 2 heterocycles. The summed E-state index contributed by atoms with van der Waals surface area (Å²) >= 11 is 0. The summed E-state index contributed by atoms with van der Waals surface area (Å²) in [6, 6.07) is 24.2. The summed E-state index contributed by atoms with van der Waals surface area (Å²) in [5.41, 5.74) is 8.27. The highest BCUT2D eigenvalue weighted by atomic mass is 16.2. The number of hydrogen-bond acceptors (Lipinski definition) is 3. The molecule has 1 saturated heterocycles. The van der Waals surface area contributed by atoms with Crippen LogP contribution in [0, 0.1) is 26.7 Å². The zero-order valence-electron chi connectivity index (χ0n) is 26.9. The lowest BCUT2D eigenvalue weighted by Gasteiger charge is -2.32. The molecule has 1 aromatic heterocycles. The number of carbonyl (C=O) groups excluding carboxylic acids is 2. The quantitative estimate of drug-likeness (QED) is 0.231. The molecule has 3 aromatic carbocycles. The fourth-order valence-electron chi connectivity index (χ4n) is 5.90. The molecule has 3 amide bonds. The summed E-state index contributed by atoms with van der Waals surface area (Å²) in [6.07, 6.45) is 3.45. The number of hydrogen-bond donors (Lipinski definition) is 2. The van der Waals surface area contributed by atoms with Gasteiger partial charge in [-0.05, 0) is 81.3 Å². The summed E-state index contributed by atoms with van der Waals surface area (Å²) in [5, 5.41) is 10.8. The van der Waals surface area contributed by atoms with E-state index in [-0.39, 0.29) is 17.4 Å². The number of likely N-dealkylation sites (tertiary alicyclic amines) is 1. The lowest BCUT2D eigenvalue weighted by molar-refractivity contribution is -0.131. The number of benzene rings is 3. The third-order valence-corrected chi connectivity index (χ3v) is 8.34. The second-order valence-electron chi connectivity index (χ2n) is 13.4. The molecular formula is C37H45N5O2. The van der Waals surface area contributed by atoms with E-state index >= 15 is 0 Å². The number of nitrogens with one attached hydrogen (secondary N) is 2. The third kappa shape index (κ3) is 7.95. The molecule has 0 atom stereocenters. The first-order valence-electron chi connectivity index (χ1n) is 15.6. The molecule has 7 nitrogen and oxygen atoms in total. The molecule has 0 bridgehead atoms. The molecule has 7 heteroatoms. The van der Waals surface area contributed by atoms with Crippen LogP contribution in [-0.4, -0.2) is 39.7 Å². The van der Waals surface area contributed by atoms with Gasteiger partial charge in [0.2, 0.25) is 5.91 Å². The van der Waals surface area contributed by atoms with E-state index in [1.165, 1.54) is 16.7 Å². The Balaban J connectivity index is 1.14. The number of urea groups is 1. The molecule has 44 heavy (non-hydrogen) atoms. The number of amides is 3. The van der Waals surface area contributed by atoms with Crippen molar-refractivity contribution in [3.05, 3.63) is 106 Å². The van der Waals surface area contributed by atoms with Gasteiger partial charge in [0.25, 0.3) is 0 Å². The molecule has 2 N–H and O–H groups in total. The summed E-state index contributed by atoms with van der Waals surface area (Å²) in [7, 11) is 0. The first-order chi connectivity index (χ1) is 20.9. The van der Waals surface area contributed by atoms with Crippen LogP contribution in [0.3, 0.4) is 0 Å². The fraction of sp³-hybridized carbons (Fsp3) is 0.378. The van der Waals surface area contributed by atoms with Crippen molar-refractivity contribution >= 4 is 23.4 Å². The van der Waals surface area contributed by atoms with E-state index in [9.17, 15) is 9.59 Å². The van der Waals surface area contributed by atoms with Crippen LogP contribution in [0.1, 0.15) is 67.1 Å². The van der Waals surface area contributed by atoms with Gasteiger partial charge in [0.15, 0.2) is 0 Å². The van der Waals surface area contributed by atoms with Crippen molar-refractivity contribution in [2.45, 2.75) is 72.6 Å². The minimum atomic E-state index is -0.315.